The van der Waals surface area contributed by atoms with Gasteiger partial charge in [-0.1, -0.05) is 36.2 Å². The van der Waals surface area contributed by atoms with Gasteiger partial charge in [0.1, 0.15) is 5.76 Å². The van der Waals surface area contributed by atoms with E-state index in [9.17, 15) is 0 Å². The summed E-state index contributed by atoms with van der Waals surface area (Å²) in [6.07, 6.45) is 1.70. The highest BCUT2D eigenvalue weighted by atomic mass is 35.5. The van der Waals surface area contributed by atoms with E-state index in [1.807, 2.05) is 31.2 Å². The third kappa shape index (κ3) is 2.72. The monoisotopic (exact) mass is 283 g/mol. The van der Waals surface area contributed by atoms with Gasteiger partial charge in [-0.05, 0) is 42.8 Å². The number of aryl methyl sites for hydroxylation is 1. The molecule has 2 nitrogen and oxygen atoms in total. The van der Waals surface area contributed by atoms with E-state index in [0.717, 1.165) is 23.4 Å². The molecule has 0 aliphatic rings. The van der Waals surface area contributed by atoms with Crippen LogP contribution >= 0.6 is 23.2 Å². The van der Waals surface area contributed by atoms with Gasteiger partial charge in [0.15, 0.2) is 0 Å². The normalized spacial score (nSPS) is 12.7. The second-order valence-corrected chi connectivity index (χ2v) is 4.95. The van der Waals surface area contributed by atoms with Gasteiger partial charge in [-0.15, -0.1) is 0 Å². The predicted octanol–water partition coefficient (Wildman–Crippen LogP) is 4.59. The van der Waals surface area contributed by atoms with E-state index >= 15 is 0 Å². The van der Waals surface area contributed by atoms with Crippen LogP contribution in [0.2, 0.25) is 10.0 Å². The molecule has 0 aliphatic carbocycles. The third-order valence-corrected chi connectivity index (χ3v) is 3.59. The minimum absolute atomic E-state index is 0.000216. The zero-order valence-electron chi connectivity index (χ0n) is 10.3. The van der Waals surface area contributed by atoms with Gasteiger partial charge in [0, 0.05) is 0 Å². The highest BCUT2D eigenvalue weighted by Gasteiger charge is 2.19. The van der Waals surface area contributed by atoms with Crippen LogP contribution in [0.5, 0.6) is 0 Å². The molecular formula is C14H15Cl2NO. The van der Waals surface area contributed by atoms with E-state index < -0.39 is 0 Å². The Morgan fingerprint density at radius 1 is 1.22 bits per heavy atom. The van der Waals surface area contributed by atoms with Crippen LogP contribution in [0, 0.1) is 6.92 Å². The minimum Gasteiger partial charge on any atom is -0.467 e. The van der Waals surface area contributed by atoms with Crippen LogP contribution in [0.25, 0.3) is 0 Å². The second-order valence-electron chi connectivity index (χ2n) is 4.13. The average molecular weight is 284 g/mol. The van der Waals surface area contributed by atoms with Crippen molar-refractivity contribution in [2.45, 2.75) is 19.9 Å². The number of rotatable bonds is 4. The molecule has 2 aromatic rings. The lowest BCUT2D eigenvalue weighted by Gasteiger charge is -2.17. The molecular weight excluding hydrogens is 269 g/mol. The minimum atomic E-state index is -0.000216. The fourth-order valence-corrected chi connectivity index (χ4v) is 2.24. The van der Waals surface area contributed by atoms with Crippen LogP contribution in [-0.2, 0) is 0 Å². The Bertz CT molecular complexity index is 536. The summed E-state index contributed by atoms with van der Waals surface area (Å²) in [7, 11) is 0. The molecule has 96 valence electrons. The SMILES string of the molecule is CCNC(c1ccc(Cl)c(Cl)c1)c1occc1C. The van der Waals surface area contributed by atoms with Gasteiger partial charge in [-0.2, -0.15) is 0 Å². The molecule has 1 unspecified atom stereocenters. The maximum atomic E-state index is 6.07. The summed E-state index contributed by atoms with van der Waals surface area (Å²) < 4.78 is 5.56. The summed E-state index contributed by atoms with van der Waals surface area (Å²) in [6, 6.07) is 7.60. The number of hydrogen-bond donors (Lipinski definition) is 1. The van der Waals surface area contributed by atoms with E-state index in [-0.39, 0.29) is 6.04 Å². The van der Waals surface area contributed by atoms with Gasteiger partial charge in [-0.25, -0.2) is 0 Å². The molecule has 4 heteroatoms. The summed E-state index contributed by atoms with van der Waals surface area (Å²) in [5, 5.41) is 4.51. The molecule has 0 saturated heterocycles. The standard InChI is InChI=1S/C14H15Cl2NO/c1-3-17-13(14-9(2)6-7-18-14)10-4-5-11(15)12(16)8-10/h4-8,13,17H,3H2,1-2H3. The maximum absolute atomic E-state index is 6.07. The highest BCUT2D eigenvalue weighted by Crippen LogP contribution is 2.30. The number of halogens is 2. The lowest BCUT2D eigenvalue weighted by Crippen LogP contribution is -2.22. The Kier molecular flexibility index (Phi) is 4.33. The molecule has 0 bridgehead atoms. The summed E-state index contributed by atoms with van der Waals surface area (Å²) in [4.78, 5) is 0. The topological polar surface area (TPSA) is 25.2 Å². The quantitative estimate of drug-likeness (QED) is 0.888. The van der Waals surface area contributed by atoms with Crippen LogP contribution in [0.3, 0.4) is 0 Å². The van der Waals surface area contributed by atoms with Gasteiger partial charge < -0.3 is 9.73 Å². The van der Waals surface area contributed by atoms with Crippen LogP contribution in [0.4, 0.5) is 0 Å². The Morgan fingerprint density at radius 2 is 2.00 bits per heavy atom. The Labute approximate surface area is 117 Å². The molecule has 0 saturated carbocycles. The Balaban J connectivity index is 2.41. The number of benzene rings is 1. The highest BCUT2D eigenvalue weighted by molar-refractivity contribution is 6.42. The lowest BCUT2D eigenvalue weighted by molar-refractivity contribution is 0.449. The molecule has 0 fully saturated rings. The molecule has 1 atom stereocenters. The summed E-state index contributed by atoms with van der Waals surface area (Å²) >= 11 is 12.0. The van der Waals surface area contributed by atoms with E-state index in [4.69, 9.17) is 27.6 Å². The molecule has 2 rings (SSSR count). The van der Waals surface area contributed by atoms with Crippen molar-refractivity contribution in [2.24, 2.45) is 0 Å². The van der Waals surface area contributed by atoms with E-state index in [0.29, 0.717) is 10.0 Å². The van der Waals surface area contributed by atoms with Gasteiger partial charge >= 0.3 is 0 Å². The van der Waals surface area contributed by atoms with E-state index in [2.05, 4.69) is 12.2 Å². The van der Waals surface area contributed by atoms with E-state index in [1.54, 1.807) is 6.26 Å². The number of hydrogen-bond acceptors (Lipinski definition) is 2. The first-order chi connectivity index (χ1) is 8.63. The summed E-state index contributed by atoms with van der Waals surface area (Å²) in [5.41, 5.74) is 2.16. The van der Waals surface area contributed by atoms with Crippen molar-refractivity contribution in [3.8, 4) is 0 Å². The van der Waals surface area contributed by atoms with Gasteiger partial charge in [0.2, 0.25) is 0 Å². The zero-order chi connectivity index (χ0) is 13.1. The average Bonchev–Trinajstić information content (AvgIpc) is 2.76. The van der Waals surface area contributed by atoms with Crippen molar-refractivity contribution in [3.05, 3.63) is 57.5 Å². The lowest BCUT2D eigenvalue weighted by atomic mass is 10.0. The van der Waals surface area contributed by atoms with Gasteiger partial charge in [0.05, 0.1) is 22.4 Å². The largest absolute Gasteiger partial charge is 0.467 e. The first-order valence-electron chi connectivity index (χ1n) is 5.85. The van der Waals surface area contributed by atoms with E-state index in [1.165, 1.54) is 0 Å². The molecule has 18 heavy (non-hydrogen) atoms. The van der Waals surface area contributed by atoms with Crippen molar-refractivity contribution in [1.82, 2.24) is 5.32 Å². The fraction of sp³-hybridized carbons (Fsp3) is 0.286. The van der Waals surface area contributed by atoms with Crippen LogP contribution < -0.4 is 5.32 Å². The fourth-order valence-electron chi connectivity index (χ4n) is 1.94. The van der Waals surface area contributed by atoms with Gasteiger partial charge in [0.25, 0.3) is 0 Å². The molecule has 1 aromatic heterocycles. The van der Waals surface area contributed by atoms with Crippen molar-refractivity contribution >= 4 is 23.2 Å². The Hall–Kier alpha value is -0.960. The van der Waals surface area contributed by atoms with Crippen molar-refractivity contribution in [2.75, 3.05) is 6.54 Å². The van der Waals surface area contributed by atoms with Crippen molar-refractivity contribution in [1.29, 1.82) is 0 Å². The molecule has 0 radical (unpaired) electrons. The number of nitrogens with one attached hydrogen (secondary N) is 1. The summed E-state index contributed by atoms with van der Waals surface area (Å²) in [6.45, 7) is 4.93. The van der Waals surface area contributed by atoms with Crippen LogP contribution in [-0.4, -0.2) is 6.54 Å². The number of furan rings is 1. The molecule has 0 amide bonds. The van der Waals surface area contributed by atoms with Crippen molar-refractivity contribution < 1.29 is 4.42 Å². The zero-order valence-corrected chi connectivity index (χ0v) is 11.8. The third-order valence-electron chi connectivity index (χ3n) is 2.85. The predicted molar refractivity (Wildman–Crippen MR) is 75.4 cm³/mol. The molecule has 0 aliphatic heterocycles. The second kappa shape index (κ2) is 5.79. The molecule has 0 spiro atoms. The van der Waals surface area contributed by atoms with Gasteiger partial charge in [-0.3, -0.25) is 0 Å². The van der Waals surface area contributed by atoms with Crippen LogP contribution in [0.15, 0.2) is 34.9 Å². The first kappa shape index (κ1) is 13.5. The Morgan fingerprint density at radius 3 is 2.56 bits per heavy atom. The molecule has 1 N–H and O–H groups in total. The first-order valence-corrected chi connectivity index (χ1v) is 6.61. The summed E-state index contributed by atoms with van der Waals surface area (Å²) in [5.74, 6) is 0.912. The molecule has 1 aromatic carbocycles. The maximum Gasteiger partial charge on any atom is 0.128 e. The van der Waals surface area contributed by atoms with Crippen molar-refractivity contribution in [3.63, 3.8) is 0 Å². The smallest absolute Gasteiger partial charge is 0.128 e. The van der Waals surface area contributed by atoms with Crippen LogP contribution in [0.1, 0.15) is 29.9 Å². The molecule has 1 heterocycles.